The van der Waals surface area contributed by atoms with Crippen LogP contribution < -0.4 is 5.32 Å². The molecule has 1 N–H and O–H groups in total. The summed E-state index contributed by atoms with van der Waals surface area (Å²) >= 11 is 1.66. The van der Waals surface area contributed by atoms with Gasteiger partial charge >= 0.3 is 0 Å². The van der Waals surface area contributed by atoms with Gasteiger partial charge in [0, 0.05) is 44.7 Å². The second-order valence-electron chi connectivity index (χ2n) is 8.47. The van der Waals surface area contributed by atoms with Crippen LogP contribution in [0.1, 0.15) is 62.8 Å². The molecule has 2 fully saturated rings. The van der Waals surface area contributed by atoms with E-state index in [4.69, 9.17) is 19.5 Å². The van der Waals surface area contributed by atoms with Crippen LogP contribution in [0, 0.1) is 0 Å². The van der Waals surface area contributed by atoms with Crippen LogP contribution in [-0.4, -0.2) is 79.8 Å². The summed E-state index contributed by atoms with van der Waals surface area (Å²) in [6.45, 7) is 10.4. The van der Waals surface area contributed by atoms with Crippen molar-refractivity contribution in [2.45, 2.75) is 64.1 Å². The number of thiazole rings is 1. The topological polar surface area (TPSA) is 62.2 Å². The van der Waals surface area contributed by atoms with E-state index < -0.39 is 0 Å². The molecule has 1 aliphatic carbocycles. The summed E-state index contributed by atoms with van der Waals surface area (Å²) in [5, 5.41) is 6.64. The quantitative estimate of drug-likeness (QED) is 0.497. The summed E-state index contributed by atoms with van der Waals surface area (Å²) in [6.07, 6.45) is 6.47. The van der Waals surface area contributed by atoms with Crippen LogP contribution in [0.5, 0.6) is 0 Å². The zero-order valence-electron chi connectivity index (χ0n) is 19.2. The highest BCUT2D eigenvalue weighted by Crippen LogP contribution is 2.34. The maximum absolute atomic E-state index is 5.62. The van der Waals surface area contributed by atoms with E-state index in [0.29, 0.717) is 0 Å². The van der Waals surface area contributed by atoms with Gasteiger partial charge < -0.3 is 19.7 Å². The monoisotopic (exact) mass is 437 g/mol. The number of morpholine rings is 1. The molecule has 0 radical (unpaired) electrons. The third-order valence-corrected chi connectivity index (χ3v) is 7.41. The second-order valence-corrected chi connectivity index (χ2v) is 9.36. The van der Waals surface area contributed by atoms with E-state index in [2.05, 4.69) is 34.5 Å². The van der Waals surface area contributed by atoms with Crippen molar-refractivity contribution in [1.82, 2.24) is 20.1 Å². The smallest absolute Gasteiger partial charge is 0.194 e. The van der Waals surface area contributed by atoms with Gasteiger partial charge in [0.15, 0.2) is 5.96 Å². The van der Waals surface area contributed by atoms with E-state index in [1.165, 1.54) is 32.1 Å². The van der Waals surface area contributed by atoms with Crippen molar-refractivity contribution >= 4 is 17.3 Å². The van der Waals surface area contributed by atoms with E-state index in [-0.39, 0.29) is 11.6 Å². The highest BCUT2D eigenvalue weighted by atomic mass is 32.1. The molecule has 1 aromatic heterocycles. The largest absolute Gasteiger partial charge is 0.379 e. The van der Waals surface area contributed by atoms with Gasteiger partial charge in [0.25, 0.3) is 0 Å². The Bertz CT molecular complexity index is 668. The Kier molecular flexibility index (Phi) is 8.92. The van der Waals surface area contributed by atoms with E-state index in [0.717, 1.165) is 62.6 Å². The predicted molar refractivity (Wildman–Crippen MR) is 123 cm³/mol. The van der Waals surface area contributed by atoms with Gasteiger partial charge in [-0.3, -0.25) is 9.89 Å². The van der Waals surface area contributed by atoms with E-state index in [1.54, 1.807) is 18.4 Å². The number of aromatic nitrogens is 1. The zero-order valence-corrected chi connectivity index (χ0v) is 20.0. The van der Waals surface area contributed by atoms with Crippen LogP contribution >= 0.6 is 11.3 Å². The lowest BCUT2D eigenvalue weighted by atomic mass is 9.80. The third-order valence-electron chi connectivity index (χ3n) is 6.36. The molecule has 30 heavy (non-hydrogen) atoms. The molecule has 0 amide bonds. The molecule has 1 aliphatic heterocycles. The average Bonchev–Trinajstić information content (AvgIpc) is 3.25. The number of hydrogen-bond donors (Lipinski definition) is 1. The number of nitrogens with zero attached hydrogens (tertiary/aromatic N) is 4. The van der Waals surface area contributed by atoms with Gasteiger partial charge in [-0.25, -0.2) is 4.98 Å². The minimum atomic E-state index is 0.0376. The number of rotatable bonds is 8. The molecule has 8 heteroatoms. The Morgan fingerprint density at radius 2 is 2.10 bits per heavy atom. The van der Waals surface area contributed by atoms with Crippen molar-refractivity contribution in [1.29, 1.82) is 0 Å². The fourth-order valence-corrected chi connectivity index (χ4v) is 5.36. The first kappa shape index (κ1) is 23.4. The normalized spacial score (nSPS) is 21.4. The van der Waals surface area contributed by atoms with Crippen molar-refractivity contribution in [3.8, 4) is 0 Å². The van der Waals surface area contributed by atoms with Crippen LogP contribution in [0.2, 0.25) is 0 Å². The highest BCUT2D eigenvalue weighted by Gasteiger charge is 2.38. The minimum absolute atomic E-state index is 0.0376. The van der Waals surface area contributed by atoms with Crippen LogP contribution in [0.25, 0.3) is 0 Å². The Balaban J connectivity index is 1.70. The minimum Gasteiger partial charge on any atom is -0.379 e. The summed E-state index contributed by atoms with van der Waals surface area (Å²) in [5.74, 6) is 0.963. The zero-order chi connectivity index (χ0) is 21.4. The first-order valence-corrected chi connectivity index (χ1v) is 12.3. The van der Waals surface area contributed by atoms with Gasteiger partial charge in [0.1, 0.15) is 11.1 Å². The number of aliphatic imine (C=N–C) groups is 1. The first-order valence-electron chi connectivity index (χ1n) is 11.4. The summed E-state index contributed by atoms with van der Waals surface area (Å²) in [4.78, 5) is 14.7. The summed E-state index contributed by atoms with van der Waals surface area (Å²) < 4.78 is 11.0. The van der Waals surface area contributed by atoms with Gasteiger partial charge in [-0.2, -0.15) is 0 Å². The molecule has 170 valence electrons. The molecule has 0 spiro atoms. The van der Waals surface area contributed by atoms with Crippen LogP contribution in [0.3, 0.4) is 0 Å². The molecule has 2 aliphatic rings. The maximum Gasteiger partial charge on any atom is 0.194 e. The van der Waals surface area contributed by atoms with Crippen molar-refractivity contribution in [2.24, 2.45) is 4.99 Å². The van der Waals surface area contributed by atoms with Crippen LogP contribution in [0.15, 0.2) is 10.4 Å². The Labute approximate surface area is 185 Å². The molecule has 3 rings (SSSR count). The average molecular weight is 438 g/mol. The van der Waals surface area contributed by atoms with Gasteiger partial charge in [0.05, 0.1) is 32.0 Å². The molecule has 1 saturated heterocycles. The molecular formula is C22H39N5O2S. The fraction of sp³-hybridized carbons (Fsp3) is 0.818. The van der Waals surface area contributed by atoms with Gasteiger partial charge in [-0.15, -0.1) is 11.3 Å². The van der Waals surface area contributed by atoms with Crippen LogP contribution in [0.4, 0.5) is 0 Å². The lowest BCUT2D eigenvalue weighted by Gasteiger charge is -2.47. The predicted octanol–water partition coefficient (Wildman–Crippen LogP) is 3.28. The molecule has 2 heterocycles. The Morgan fingerprint density at radius 1 is 1.37 bits per heavy atom. The number of methoxy groups -OCH3 is 1. The van der Waals surface area contributed by atoms with Crippen LogP contribution in [-0.2, 0) is 16.0 Å². The number of guanidine groups is 1. The van der Waals surface area contributed by atoms with Crippen molar-refractivity contribution < 1.29 is 9.47 Å². The summed E-state index contributed by atoms with van der Waals surface area (Å²) in [7, 11) is 3.83. The van der Waals surface area contributed by atoms with E-state index in [1.807, 2.05) is 6.92 Å². The SMILES string of the molecule is CCNC(=NCC1(N2CCOCC2)CCCCC1)N(C)Cc1csc(C(C)OC)n1. The molecule has 1 atom stereocenters. The van der Waals surface area contributed by atoms with Crippen molar-refractivity contribution in [2.75, 3.05) is 53.6 Å². The molecule has 1 saturated carbocycles. The highest BCUT2D eigenvalue weighted by molar-refractivity contribution is 7.09. The van der Waals surface area contributed by atoms with Gasteiger partial charge in [-0.05, 0) is 26.7 Å². The molecular weight excluding hydrogens is 398 g/mol. The molecule has 1 unspecified atom stereocenters. The Hall–Kier alpha value is -1.22. The molecule has 7 nitrogen and oxygen atoms in total. The van der Waals surface area contributed by atoms with E-state index in [9.17, 15) is 0 Å². The maximum atomic E-state index is 5.62. The van der Waals surface area contributed by atoms with Gasteiger partial charge in [0.2, 0.25) is 0 Å². The van der Waals surface area contributed by atoms with Gasteiger partial charge in [-0.1, -0.05) is 19.3 Å². The molecule has 1 aromatic rings. The summed E-state index contributed by atoms with van der Waals surface area (Å²) in [5.41, 5.74) is 1.25. The lowest BCUT2D eigenvalue weighted by Crippen LogP contribution is -2.56. The fourth-order valence-electron chi connectivity index (χ4n) is 4.51. The second kappa shape index (κ2) is 11.4. The third kappa shape index (κ3) is 5.93. The number of ether oxygens (including phenoxy) is 2. The summed E-state index contributed by atoms with van der Waals surface area (Å²) in [6, 6.07) is 0. The molecule has 0 aromatic carbocycles. The Morgan fingerprint density at radius 3 is 2.77 bits per heavy atom. The van der Waals surface area contributed by atoms with E-state index >= 15 is 0 Å². The van der Waals surface area contributed by atoms with Crippen molar-refractivity contribution in [3.63, 3.8) is 0 Å². The standard InChI is InChI=1S/C22H39N5O2S/c1-5-23-21(26(3)15-19-16-30-20(25-19)18(2)28-4)24-17-22(9-7-6-8-10-22)27-11-13-29-14-12-27/h16,18H,5-15,17H2,1-4H3,(H,23,24). The lowest BCUT2D eigenvalue weighted by molar-refractivity contribution is -0.0334. The van der Waals surface area contributed by atoms with Crippen molar-refractivity contribution in [3.05, 3.63) is 16.1 Å². The first-order chi connectivity index (χ1) is 14.6. The molecule has 0 bridgehead atoms. The number of nitrogens with one attached hydrogen (secondary N) is 1. The number of hydrogen-bond acceptors (Lipinski definition) is 6.